The van der Waals surface area contributed by atoms with E-state index in [9.17, 15) is 13.2 Å². The van der Waals surface area contributed by atoms with E-state index in [0.717, 1.165) is 5.56 Å². The zero-order valence-corrected chi connectivity index (χ0v) is 10.9. The summed E-state index contributed by atoms with van der Waals surface area (Å²) in [5, 5.41) is 0. The normalized spacial score (nSPS) is 11.0. The molecule has 3 N–H and O–H groups in total. The molecule has 0 aliphatic heterocycles. The summed E-state index contributed by atoms with van der Waals surface area (Å²) in [6.07, 6.45) is -0.178. The maximum absolute atomic E-state index is 11.7. The van der Waals surface area contributed by atoms with Crippen LogP contribution in [-0.4, -0.2) is 27.2 Å². The van der Waals surface area contributed by atoms with Gasteiger partial charge in [-0.25, -0.2) is 8.42 Å². The Bertz CT molecular complexity index is 514. The summed E-state index contributed by atoms with van der Waals surface area (Å²) in [6.45, 7) is 0.331. The Hall–Kier alpha value is -1.60. The van der Waals surface area contributed by atoms with Gasteiger partial charge >= 0.3 is 5.97 Å². The van der Waals surface area contributed by atoms with Crippen LogP contribution in [0.1, 0.15) is 12.0 Å². The van der Waals surface area contributed by atoms with E-state index < -0.39 is 16.0 Å². The summed E-state index contributed by atoms with van der Waals surface area (Å²) in [5.41, 5.74) is 6.72. The molecule has 1 aromatic rings. The van der Waals surface area contributed by atoms with Crippen LogP contribution in [0.25, 0.3) is 0 Å². The van der Waals surface area contributed by atoms with Gasteiger partial charge in [-0.1, -0.05) is 12.1 Å². The van der Waals surface area contributed by atoms with Crippen molar-refractivity contribution >= 4 is 21.7 Å². The van der Waals surface area contributed by atoms with Crippen LogP contribution < -0.4 is 10.5 Å². The van der Waals surface area contributed by atoms with Crippen molar-refractivity contribution in [2.45, 2.75) is 13.0 Å². The topological polar surface area (TPSA) is 98.5 Å². The molecule has 0 unspecified atom stereocenters. The van der Waals surface area contributed by atoms with Crippen LogP contribution in [0, 0.1) is 0 Å². The fourth-order valence-electron chi connectivity index (χ4n) is 1.31. The Morgan fingerprint density at radius 1 is 1.44 bits per heavy atom. The fourth-order valence-corrected chi connectivity index (χ4v) is 2.34. The van der Waals surface area contributed by atoms with E-state index in [1.54, 1.807) is 24.3 Å². The monoisotopic (exact) mass is 272 g/mol. The minimum absolute atomic E-state index is 0.178. The van der Waals surface area contributed by atoms with Crippen LogP contribution >= 0.6 is 0 Å². The number of nitrogens with one attached hydrogen (secondary N) is 1. The highest BCUT2D eigenvalue weighted by atomic mass is 32.2. The number of nitrogens with two attached hydrogens (primary N) is 1. The molecule has 0 amide bonds. The zero-order chi connectivity index (χ0) is 13.6. The number of rotatable bonds is 6. The third-order valence-electron chi connectivity index (χ3n) is 2.24. The number of anilines is 1. The van der Waals surface area contributed by atoms with Crippen molar-refractivity contribution in [2.75, 3.05) is 17.6 Å². The largest absolute Gasteiger partial charge is 0.469 e. The van der Waals surface area contributed by atoms with Gasteiger partial charge in [0.1, 0.15) is 0 Å². The van der Waals surface area contributed by atoms with E-state index in [1.165, 1.54) is 7.11 Å². The first-order valence-electron chi connectivity index (χ1n) is 5.33. The molecule has 0 saturated carbocycles. The van der Waals surface area contributed by atoms with Gasteiger partial charge in [-0.15, -0.1) is 0 Å². The van der Waals surface area contributed by atoms with Gasteiger partial charge in [0, 0.05) is 12.2 Å². The van der Waals surface area contributed by atoms with E-state index in [0.29, 0.717) is 12.2 Å². The molecule has 0 fully saturated rings. The highest BCUT2D eigenvalue weighted by Crippen LogP contribution is 2.12. The molecule has 6 nitrogen and oxygen atoms in total. The Kier molecular flexibility index (Phi) is 5.11. The van der Waals surface area contributed by atoms with Crippen LogP contribution in [0.4, 0.5) is 5.69 Å². The first-order valence-corrected chi connectivity index (χ1v) is 6.98. The van der Waals surface area contributed by atoms with Crippen LogP contribution in [0.15, 0.2) is 24.3 Å². The molecule has 0 aliphatic rings. The highest BCUT2D eigenvalue weighted by molar-refractivity contribution is 7.92. The van der Waals surface area contributed by atoms with Gasteiger partial charge in [-0.3, -0.25) is 9.52 Å². The number of ether oxygens (including phenoxy) is 1. The van der Waals surface area contributed by atoms with Gasteiger partial charge in [-0.2, -0.15) is 0 Å². The molecule has 0 bridgehead atoms. The Labute approximate surface area is 106 Å². The first kappa shape index (κ1) is 14.5. The summed E-state index contributed by atoms with van der Waals surface area (Å²) in [5.74, 6) is -0.872. The van der Waals surface area contributed by atoms with Crippen LogP contribution in [-0.2, 0) is 26.1 Å². The SMILES string of the molecule is COC(=O)CCS(=O)(=O)Nc1cccc(CN)c1. The minimum atomic E-state index is -3.56. The lowest BCUT2D eigenvalue weighted by Gasteiger charge is -2.08. The van der Waals surface area contributed by atoms with Crippen molar-refractivity contribution in [3.63, 3.8) is 0 Å². The van der Waals surface area contributed by atoms with Gasteiger partial charge in [0.15, 0.2) is 0 Å². The fraction of sp³-hybridized carbons (Fsp3) is 0.364. The number of sulfonamides is 1. The van der Waals surface area contributed by atoms with Crippen molar-refractivity contribution in [3.8, 4) is 0 Å². The molecular weight excluding hydrogens is 256 g/mol. The van der Waals surface area contributed by atoms with Crippen molar-refractivity contribution in [1.82, 2.24) is 0 Å². The summed E-state index contributed by atoms with van der Waals surface area (Å²) in [6, 6.07) is 6.77. The van der Waals surface area contributed by atoms with E-state index in [2.05, 4.69) is 9.46 Å². The number of carbonyl (C=O) groups is 1. The second-order valence-electron chi connectivity index (χ2n) is 3.65. The predicted octanol–water partition coefficient (Wildman–Crippen LogP) is 0.450. The summed E-state index contributed by atoms with van der Waals surface area (Å²) in [7, 11) is -2.34. The standard InChI is InChI=1S/C11H16N2O4S/c1-17-11(14)5-6-18(15,16)13-10-4-2-3-9(7-10)8-12/h2-4,7,13H,5-6,8,12H2,1H3. The zero-order valence-electron chi connectivity index (χ0n) is 10.0. The summed E-state index contributed by atoms with van der Waals surface area (Å²) >= 11 is 0. The average Bonchev–Trinajstić information content (AvgIpc) is 2.35. The molecule has 0 atom stereocenters. The summed E-state index contributed by atoms with van der Waals surface area (Å²) < 4.78 is 30.1. The number of esters is 1. The van der Waals surface area contributed by atoms with Gasteiger partial charge in [0.2, 0.25) is 10.0 Å². The molecule has 7 heteroatoms. The molecule has 0 saturated heterocycles. The lowest BCUT2D eigenvalue weighted by Crippen LogP contribution is -2.19. The quantitative estimate of drug-likeness (QED) is 0.733. The van der Waals surface area contributed by atoms with E-state index >= 15 is 0 Å². The maximum atomic E-state index is 11.7. The number of carbonyl (C=O) groups excluding carboxylic acids is 1. The van der Waals surface area contributed by atoms with E-state index in [1.807, 2.05) is 0 Å². The van der Waals surface area contributed by atoms with Gasteiger partial charge < -0.3 is 10.5 Å². The van der Waals surface area contributed by atoms with Crippen LogP contribution in [0.3, 0.4) is 0 Å². The molecular formula is C11H16N2O4S. The first-order chi connectivity index (χ1) is 8.46. The molecule has 1 aromatic carbocycles. The third-order valence-corrected chi connectivity index (χ3v) is 3.53. The van der Waals surface area contributed by atoms with Crippen molar-refractivity contribution < 1.29 is 17.9 Å². The predicted molar refractivity (Wildman–Crippen MR) is 68.4 cm³/mol. The molecule has 0 aliphatic carbocycles. The van der Waals surface area contributed by atoms with Crippen molar-refractivity contribution in [2.24, 2.45) is 5.73 Å². The van der Waals surface area contributed by atoms with E-state index in [4.69, 9.17) is 5.73 Å². The second kappa shape index (κ2) is 6.36. The van der Waals surface area contributed by atoms with E-state index in [-0.39, 0.29) is 12.2 Å². The molecule has 1 rings (SSSR count). The molecule has 0 spiro atoms. The summed E-state index contributed by atoms with van der Waals surface area (Å²) in [4.78, 5) is 10.9. The second-order valence-corrected chi connectivity index (χ2v) is 5.49. The molecule has 0 heterocycles. The van der Waals surface area contributed by atoms with Crippen molar-refractivity contribution in [3.05, 3.63) is 29.8 Å². The lowest BCUT2D eigenvalue weighted by atomic mass is 10.2. The highest BCUT2D eigenvalue weighted by Gasteiger charge is 2.13. The minimum Gasteiger partial charge on any atom is -0.469 e. The van der Waals surface area contributed by atoms with Crippen molar-refractivity contribution in [1.29, 1.82) is 0 Å². The molecule has 18 heavy (non-hydrogen) atoms. The number of hydrogen-bond donors (Lipinski definition) is 2. The maximum Gasteiger partial charge on any atom is 0.306 e. The van der Waals surface area contributed by atoms with Crippen LogP contribution in [0.5, 0.6) is 0 Å². The molecule has 0 radical (unpaired) electrons. The van der Waals surface area contributed by atoms with Gasteiger partial charge in [0.05, 0.1) is 19.3 Å². The Balaban J connectivity index is 2.67. The smallest absolute Gasteiger partial charge is 0.306 e. The number of methoxy groups -OCH3 is 1. The Morgan fingerprint density at radius 3 is 2.78 bits per heavy atom. The van der Waals surface area contributed by atoms with Crippen LogP contribution in [0.2, 0.25) is 0 Å². The number of benzene rings is 1. The lowest BCUT2D eigenvalue weighted by molar-refractivity contribution is -0.140. The number of hydrogen-bond acceptors (Lipinski definition) is 5. The average molecular weight is 272 g/mol. The molecule has 0 aromatic heterocycles. The third kappa shape index (κ3) is 4.72. The Morgan fingerprint density at radius 2 is 2.17 bits per heavy atom. The van der Waals surface area contributed by atoms with Gasteiger partial charge in [-0.05, 0) is 17.7 Å². The molecule has 100 valence electrons. The van der Waals surface area contributed by atoms with Gasteiger partial charge in [0.25, 0.3) is 0 Å².